The van der Waals surface area contributed by atoms with Crippen LogP contribution in [0.4, 0.5) is 0 Å². The van der Waals surface area contributed by atoms with E-state index in [4.69, 9.17) is 9.15 Å². The summed E-state index contributed by atoms with van der Waals surface area (Å²) in [7, 11) is 0. The molecule has 3 aromatic rings. The standard InChI is InChI=1S/C14H13NO2/c1-2-16-11-5-6-12-10(8-11)9-13(15-12)14-4-3-7-17-14/h3-9,15H,2H2,1H3. The molecule has 3 nitrogen and oxygen atoms in total. The maximum atomic E-state index is 5.48. The van der Waals surface area contributed by atoms with Crippen molar-refractivity contribution in [2.24, 2.45) is 0 Å². The van der Waals surface area contributed by atoms with Crippen molar-refractivity contribution in [2.75, 3.05) is 6.61 Å². The fourth-order valence-electron chi connectivity index (χ4n) is 1.93. The maximum absolute atomic E-state index is 5.48. The zero-order chi connectivity index (χ0) is 11.7. The molecule has 0 atom stereocenters. The van der Waals surface area contributed by atoms with Crippen molar-refractivity contribution in [3.63, 3.8) is 0 Å². The predicted octanol–water partition coefficient (Wildman–Crippen LogP) is 3.83. The minimum atomic E-state index is 0.682. The maximum Gasteiger partial charge on any atom is 0.150 e. The molecule has 0 amide bonds. The third-order valence-electron chi connectivity index (χ3n) is 2.69. The number of H-pyrrole nitrogens is 1. The van der Waals surface area contributed by atoms with E-state index in [1.54, 1.807) is 6.26 Å². The highest BCUT2D eigenvalue weighted by molar-refractivity contribution is 5.86. The van der Waals surface area contributed by atoms with Gasteiger partial charge in [-0.05, 0) is 43.3 Å². The highest BCUT2D eigenvalue weighted by Gasteiger charge is 2.06. The Balaban J connectivity index is 2.07. The Hall–Kier alpha value is -2.16. The predicted molar refractivity (Wildman–Crippen MR) is 67.2 cm³/mol. The summed E-state index contributed by atoms with van der Waals surface area (Å²) in [4.78, 5) is 3.32. The van der Waals surface area contributed by atoms with Gasteiger partial charge in [0.1, 0.15) is 11.5 Å². The largest absolute Gasteiger partial charge is 0.494 e. The Labute approximate surface area is 99.0 Å². The lowest BCUT2D eigenvalue weighted by Gasteiger charge is -2.01. The lowest BCUT2D eigenvalue weighted by Crippen LogP contribution is -1.90. The third-order valence-corrected chi connectivity index (χ3v) is 2.69. The summed E-state index contributed by atoms with van der Waals surface area (Å²) in [6, 6.07) is 11.9. The molecule has 0 aliphatic heterocycles. The highest BCUT2D eigenvalue weighted by Crippen LogP contribution is 2.27. The third kappa shape index (κ3) is 1.80. The number of rotatable bonds is 3. The minimum Gasteiger partial charge on any atom is -0.494 e. The normalized spacial score (nSPS) is 10.9. The first-order chi connectivity index (χ1) is 8.36. The Morgan fingerprint density at radius 3 is 2.94 bits per heavy atom. The molecule has 0 saturated heterocycles. The zero-order valence-corrected chi connectivity index (χ0v) is 9.57. The lowest BCUT2D eigenvalue weighted by molar-refractivity contribution is 0.341. The number of furan rings is 1. The van der Waals surface area contributed by atoms with Crippen LogP contribution in [0.3, 0.4) is 0 Å². The molecule has 1 aromatic carbocycles. The quantitative estimate of drug-likeness (QED) is 0.738. The van der Waals surface area contributed by atoms with E-state index in [9.17, 15) is 0 Å². The molecule has 3 heteroatoms. The van der Waals surface area contributed by atoms with E-state index in [-0.39, 0.29) is 0 Å². The number of ether oxygens (including phenoxy) is 1. The van der Waals surface area contributed by atoms with Crippen molar-refractivity contribution in [3.8, 4) is 17.2 Å². The Morgan fingerprint density at radius 1 is 1.24 bits per heavy atom. The first-order valence-electron chi connectivity index (χ1n) is 5.66. The number of aromatic amines is 1. The monoisotopic (exact) mass is 227 g/mol. The van der Waals surface area contributed by atoms with Crippen LogP contribution in [0.1, 0.15) is 6.92 Å². The summed E-state index contributed by atoms with van der Waals surface area (Å²) >= 11 is 0. The number of aromatic nitrogens is 1. The molecule has 0 bridgehead atoms. The van der Waals surface area contributed by atoms with E-state index >= 15 is 0 Å². The molecule has 17 heavy (non-hydrogen) atoms. The van der Waals surface area contributed by atoms with Crippen LogP contribution in [0.15, 0.2) is 47.1 Å². The summed E-state index contributed by atoms with van der Waals surface area (Å²) in [5.41, 5.74) is 2.07. The molecule has 0 fully saturated rings. The molecule has 2 heterocycles. The minimum absolute atomic E-state index is 0.682. The van der Waals surface area contributed by atoms with Gasteiger partial charge in [-0.2, -0.15) is 0 Å². The van der Waals surface area contributed by atoms with Gasteiger partial charge in [0.2, 0.25) is 0 Å². The first kappa shape index (κ1) is 10.0. The van der Waals surface area contributed by atoms with Gasteiger partial charge < -0.3 is 14.1 Å². The van der Waals surface area contributed by atoms with E-state index in [0.29, 0.717) is 6.61 Å². The van der Waals surface area contributed by atoms with Gasteiger partial charge >= 0.3 is 0 Å². The molecule has 0 saturated carbocycles. The van der Waals surface area contributed by atoms with E-state index in [1.807, 2.05) is 37.3 Å². The second-order valence-corrected chi connectivity index (χ2v) is 3.84. The molecule has 0 aliphatic rings. The Kier molecular flexibility index (Phi) is 2.37. The second kappa shape index (κ2) is 4.01. The Bertz CT molecular complexity index is 623. The van der Waals surface area contributed by atoms with E-state index < -0.39 is 0 Å². The van der Waals surface area contributed by atoms with Crippen LogP contribution in [0.5, 0.6) is 5.75 Å². The summed E-state index contributed by atoms with van der Waals surface area (Å²) < 4.78 is 10.8. The number of hydrogen-bond acceptors (Lipinski definition) is 2. The number of benzene rings is 1. The summed E-state index contributed by atoms with van der Waals surface area (Å²) in [6.07, 6.45) is 1.67. The number of nitrogens with one attached hydrogen (secondary N) is 1. The smallest absolute Gasteiger partial charge is 0.150 e. The number of fused-ring (bicyclic) bond motifs is 1. The molecule has 0 radical (unpaired) electrons. The van der Waals surface area contributed by atoms with Crippen molar-refractivity contribution in [3.05, 3.63) is 42.7 Å². The topological polar surface area (TPSA) is 38.2 Å². The molecule has 3 rings (SSSR count). The summed E-state index contributed by atoms with van der Waals surface area (Å²) in [6.45, 7) is 2.66. The van der Waals surface area contributed by atoms with Gasteiger partial charge in [-0.25, -0.2) is 0 Å². The van der Waals surface area contributed by atoms with Gasteiger partial charge in [0.05, 0.1) is 18.6 Å². The summed E-state index contributed by atoms with van der Waals surface area (Å²) in [5, 5.41) is 1.13. The van der Waals surface area contributed by atoms with Gasteiger partial charge in [0, 0.05) is 10.9 Å². The number of hydrogen-bond donors (Lipinski definition) is 1. The fraction of sp³-hybridized carbons (Fsp3) is 0.143. The first-order valence-corrected chi connectivity index (χ1v) is 5.66. The van der Waals surface area contributed by atoms with Gasteiger partial charge in [-0.1, -0.05) is 0 Å². The lowest BCUT2D eigenvalue weighted by atomic mass is 10.2. The van der Waals surface area contributed by atoms with E-state index in [0.717, 1.165) is 28.1 Å². The van der Waals surface area contributed by atoms with Crippen molar-refractivity contribution >= 4 is 10.9 Å². The highest BCUT2D eigenvalue weighted by atomic mass is 16.5. The van der Waals surface area contributed by atoms with Gasteiger partial charge in [0.15, 0.2) is 0 Å². The van der Waals surface area contributed by atoms with E-state index in [1.165, 1.54) is 0 Å². The fourth-order valence-corrected chi connectivity index (χ4v) is 1.93. The van der Waals surface area contributed by atoms with Gasteiger partial charge in [-0.3, -0.25) is 0 Å². The van der Waals surface area contributed by atoms with Crippen LogP contribution in [0.2, 0.25) is 0 Å². The van der Waals surface area contributed by atoms with Crippen molar-refractivity contribution in [1.82, 2.24) is 4.98 Å². The van der Waals surface area contributed by atoms with Crippen molar-refractivity contribution in [2.45, 2.75) is 6.92 Å². The van der Waals surface area contributed by atoms with Gasteiger partial charge in [-0.15, -0.1) is 0 Å². The van der Waals surface area contributed by atoms with E-state index in [2.05, 4.69) is 11.1 Å². The van der Waals surface area contributed by atoms with Crippen LogP contribution in [-0.4, -0.2) is 11.6 Å². The average molecular weight is 227 g/mol. The van der Waals surface area contributed by atoms with Crippen LogP contribution in [0, 0.1) is 0 Å². The molecule has 1 N–H and O–H groups in total. The molecule has 0 unspecified atom stereocenters. The molecule has 0 spiro atoms. The van der Waals surface area contributed by atoms with Crippen molar-refractivity contribution in [1.29, 1.82) is 0 Å². The van der Waals surface area contributed by atoms with Crippen LogP contribution < -0.4 is 4.74 Å². The molecular weight excluding hydrogens is 214 g/mol. The SMILES string of the molecule is CCOc1ccc2[nH]c(-c3ccco3)cc2c1. The van der Waals surface area contributed by atoms with Crippen molar-refractivity contribution < 1.29 is 9.15 Å². The van der Waals surface area contributed by atoms with Crippen LogP contribution in [-0.2, 0) is 0 Å². The van der Waals surface area contributed by atoms with Crippen LogP contribution in [0.25, 0.3) is 22.4 Å². The average Bonchev–Trinajstić information content (AvgIpc) is 2.97. The van der Waals surface area contributed by atoms with Gasteiger partial charge in [0.25, 0.3) is 0 Å². The Morgan fingerprint density at radius 2 is 2.18 bits per heavy atom. The molecule has 0 aliphatic carbocycles. The molecule has 86 valence electrons. The molecule has 2 aromatic heterocycles. The zero-order valence-electron chi connectivity index (χ0n) is 9.57. The second-order valence-electron chi connectivity index (χ2n) is 3.84. The summed E-state index contributed by atoms with van der Waals surface area (Å²) in [5.74, 6) is 1.74. The van der Waals surface area contributed by atoms with Crippen LogP contribution >= 0.6 is 0 Å². The molecular formula is C14H13NO2.